The number of rotatable bonds is 5. The monoisotopic (exact) mass is 260 g/mol. The summed E-state index contributed by atoms with van der Waals surface area (Å²) in [4.78, 5) is 22.8. The summed E-state index contributed by atoms with van der Waals surface area (Å²) < 4.78 is 0. The van der Waals surface area contributed by atoms with E-state index in [1.807, 2.05) is 0 Å². The van der Waals surface area contributed by atoms with Crippen LogP contribution in [0.2, 0.25) is 0 Å². The zero-order valence-corrected chi connectivity index (χ0v) is 11.2. The molecule has 1 atom stereocenters. The Morgan fingerprint density at radius 3 is 2.58 bits per heavy atom. The van der Waals surface area contributed by atoms with Gasteiger partial charge in [0.05, 0.1) is 0 Å². The molecule has 1 unspecified atom stereocenters. The third-order valence-electron chi connectivity index (χ3n) is 3.46. The highest BCUT2D eigenvalue weighted by Crippen LogP contribution is 2.07. The number of carbonyl (C=O) groups excluding carboxylic acids is 2. The molecule has 4 heteroatoms. The number of carbonyl (C=O) groups is 2. The molecule has 2 N–H and O–H groups in total. The normalized spacial score (nSPS) is 18.2. The van der Waals surface area contributed by atoms with Crippen LogP contribution in [0, 0.1) is 0 Å². The highest BCUT2D eigenvalue weighted by atomic mass is 16.2. The van der Waals surface area contributed by atoms with Gasteiger partial charge in [0.2, 0.25) is 11.8 Å². The maximum absolute atomic E-state index is 11.8. The lowest BCUT2D eigenvalue weighted by molar-refractivity contribution is -0.125. The molecule has 0 radical (unpaired) electrons. The number of aryl methyl sites for hydroxylation is 1. The average molecular weight is 260 g/mol. The first-order valence-corrected chi connectivity index (χ1v) is 6.84. The first-order chi connectivity index (χ1) is 9.19. The van der Waals surface area contributed by atoms with E-state index in [0.29, 0.717) is 19.4 Å². The Labute approximate surface area is 113 Å². The molecule has 0 spiro atoms. The van der Waals surface area contributed by atoms with Gasteiger partial charge in [-0.25, -0.2) is 0 Å². The zero-order valence-electron chi connectivity index (χ0n) is 11.2. The molecule has 0 bridgehead atoms. The van der Waals surface area contributed by atoms with Crippen molar-refractivity contribution >= 4 is 11.8 Å². The smallest absolute Gasteiger partial charge is 0.242 e. The van der Waals surface area contributed by atoms with Crippen molar-refractivity contribution in [2.75, 3.05) is 6.54 Å². The fourth-order valence-corrected chi connectivity index (χ4v) is 2.21. The second-order valence-corrected chi connectivity index (χ2v) is 4.87. The summed E-state index contributed by atoms with van der Waals surface area (Å²) in [5.41, 5.74) is 2.54. The lowest BCUT2D eigenvalue weighted by atomic mass is 10.1. The van der Waals surface area contributed by atoms with E-state index < -0.39 is 0 Å². The van der Waals surface area contributed by atoms with Crippen LogP contribution in [0.15, 0.2) is 24.3 Å². The zero-order chi connectivity index (χ0) is 13.7. The van der Waals surface area contributed by atoms with Crippen LogP contribution >= 0.6 is 0 Å². The molecule has 2 rings (SSSR count). The summed E-state index contributed by atoms with van der Waals surface area (Å²) in [6.07, 6.45) is 2.92. The molecule has 1 fully saturated rings. The van der Waals surface area contributed by atoms with Crippen LogP contribution in [0.5, 0.6) is 0 Å². The number of hydrogen-bond donors (Lipinski definition) is 2. The Hall–Kier alpha value is -1.84. The summed E-state index contributed by atoms with van der Waals surface area (Å²) >= 11 is 0. The minimum absolute atomic E-state index is 0.0321. The van der Waals surface area contributed by atoms with Gasteiger partial charge >= 0.3 is 0 Å². The molecular weight excluding hydrogens is 240 g/mol. The maximum Gasteiger partial charge on any atom is 0.242 e. The van der Waals surface area contributed by atoms with Gasteiger partial charge in [0.25, 0.3) is 0 Å². The van der Waals surface area contributed by atoms with E-state index in [0.717, 1.165) is 12.8 Å². The topological polar surface area (TPSA) is 58.2 Å². The van der Waals surface area contributed by atoms with E-state index in [1.54, 1.807) is 0 Å². The SMILES string of the molecule is CCc1ccc(CCNC(=O)C2CCC(=O)N2)cc1. The largest absolute Gasteiger partial charge is 0.354 e. The molecule has 19 heavy (non-hydrogen) atoms. The summed E-state index contributed by atoms with van der Waals surface area (Å²) in [7, 11) is 0. The van der Waals surface area contributed by atoms with E-state index in [2.05, 4.69) is 41.8 Å². The van der Waals surface area contributed by atoms with Gasteiger partial charge in [-0.2, -0.15) is 0 Å². The molecule has 0 aliphatic carbocycles. The fraction of sp³-hybridized carbons (Fsp3) is 0.467. The fourth-order valence-electron chi connectivity index (χ4n) is 2.21. The molecule has 102 valence electrons. The quantitative estimate of drug-likeness (QED) is 0.835. The predicted molar refractivity (Wildman–Crippen MR) is 73.7 cm³/mol. The van der Waals surface area contributed by atoms with Crippen molar-refractivity contribution < 1.29 is 9.59 Å². The van der Waals surface area contributed by atoms with Crippen LogP contribution in [0.3, 0.4) is 0 Å². The first-order valence-electron chi connectivity index (χ1n) is 6.84. The molecule has 1 aliphatic rings. The molecule has 1 aromatic rings. The van der Waals surface area contributed by atoms with Crippen LogP contribution in [-0.2, 0) is 22.4 Å². The van der Waals surface area contributed by atoms with Gasteiger partial charge in [0.15, 0.2) is 0 Å². The van der Waals surface area contributed by atoms with Crippen molar-refractivity contribution in [1.29, 1.82) is 0 Å². The highest BCUT2D eigenvalue weighted by molar-refractivity contribution is 5.90. The van der Waals surface area contributed by atoms with E-state index in [9.17, 15) is 9.59 Å². The Morgan fingerprint density at radius 2 is 2.00 bits per heavy atom. The minimum Gasteiger partial charge on any atom is -0.354 e. The first kappa shape index (κ1) is 13.6. The van der Waals surface area contributed by atoms with Gasteiger partial charge in [0.1, 0.15) is 6.04 Å². The minimum atomic E-state index is -0.338. The highest BCUT2D eigenvalue weighted by Gasteiger charge is 2.26. The Bertz CT molecular complexity index is 454. The molecule has 1 aromatic carbocycles. The summed E-state index contributed by atoms with van der Waals surface area (Å²) in [6.45, 7) is 2.74. The molecule has 0 saturated carbocycles. The lowest BCUT2D eigenvalue weighted by Gasteiger charge is -2.10. The van der Waals surface area contributed by atoms with Gasteiger partial charge < -0.3 is 10.6 Å². The summed E-state index contributed by atoms with van der Waals surface area (Å²) in [5, 5.41) is 5.53. The van der Waals surface area contributed by atoms with Gasteiger partial charge in [-0.05, 0) is 30.4 Å². The van der Waals surface area contributed by atoms with E-state index >= 15 is 0 Å². The van der Waals surface area contributed by atoms with Crippen molar-refractivity contribution in [1.82, 2.24) is 10.6 Å². The second-order valence-electron chi connectivity index (χ2n) is 4.87. The molecule has 1 saturated heterocycles. The lowest BCUT2D eigenvalue weighted by Crippen LogP contribution is -2.42. The maximum atomic E-state index is 11.8. The van der Waals surface area contributed by atoms with Crippen molar-refractivity contribution in [3.05, 3.63) is 35.4 Å². The Balaban J connectivity index is 1.73. The molecule has 1 heterocycles. The third kappa shape index (κ3) is 3.81. The number of hydrogen-bond acceptors (Lipinski definition) is 2. The van der Waals surface area contributed by atoms with E-state index in [4.69, 9.17) is 0 Å². The van der Waals surface area contributed by atoms with Gasteiger partial charge in [-0.15, -0.1) is 0 Å². The molecule has 4 nitrogen and oxygen atoms in total. The van der Waals surface area contributed by atoms with Gasteiger partial charge in [-0.1, -0.05) is 31.2 Å². The van der Waals surface area contributed by atoms with Crippen LogP contribution in [0.1, 0.15) is 30.9 Å². The van der Waals surface area contributed by atoms with Crippen molar-refractivity contribution in [3.8, 4) is 0 Å². The van der Waals surface area contributed by atoms with Gasteiger partial charge in [0, 0.05) is 13.0 Å². The average Bonchev–Trinajstić information content (AvgIpc) is 2.86. The molecular formula is C15H20N2O2. The Kier molecular flexibility index (Phi) is 4.55. The van der Waals surface area contributed by atoms with Gasteiger partial charge in [-0.3, -0.25) is 9.59 Å². The van der Waals surface area contributed by atoms with E-state index in [-0.39, 0.29) is 17.9 Å². The van der Waals surface area contributed by atoms with Crippen LogP contribution in [-0.4, -0.2) is 24.4 Å². The molecule has 0 aromatic heterocycles. The summed E-state index contributed by atoms with van der Waals surface area (Å²) in [6, 6.07) is 8.10. The number of amides is 2. The number of nitrogens with one attached hydrogen (secondary N) is 2. The van der Waals surface area contributed by atoms with Crippen LogP contribution < -0.4 is 10.6 Å². The Morgan fingerprint density at radius 1 is 1.32 bits per heavy atom. The van der Waals surface area contributed by atoms with Crippen LogP contribution in [0.4, 0.5) is 0 Å². The van der Waals surface area contributed by atoms with Crippen molar-refractivity contribution in [3.63, 3.8) is 0 Å². The molecule has 1 aliphatic heterocycles. The predicted octanol–water partition coefficient (Wildman–Crippen LogP) is 1.19. The van der Waals surface area contributed by atoms with Crippen molar-refractivity contribution in [2.45, 2.75) is 38.6 Å². The number of benzene rings is 1. The molecule has 2 amide bonds. The standard InChI is InChI=1S/C15H20N2O2/c1-2-11-3-5-12(6-4-11)9-10-16-15(19)13-7-8-14(18)17-13/h3-6,13H,2,7-10H2,1H3,(H,16,19)(H,17,18). The van der Waals surface area contributed by atoms with E-state index in [1.165, 1.54) is 11.1 Å². The third-order valence-corrected chi connectivity index (χ3v) is 3.46. The van der Waals surface area contributed by atoms with Crippen molar-refractivity contribution in [2.24, 2.45) is 0 Å². The van der Waals surface area contributed by atoms with Crippen LogP contribution in [0.25, 0.3) is 0 Å². The second kappa shape index (κ2) is 6.36. The summed E-state index contributed by atoms with van der Waals surface area (Å²) in [5.74, 6) is -0.105.